The zero-order valence-corrected chi connectivity index (χ0v) is 13.7. The van der Waals surface area contributed by atoms with E-state index in [0.717, 1.165) is 0 Å². The van der Waals surface area contributed by atoms with Crippen molar-refractivity contribution in [3.63, 3.8) is 0 Å². The Hall–Kier alpha value is -3.31. The maximum absolute atomic E-state index is 12.0. The SMILES string of the molecule is COc1ccc(NC(=O)COc2ccc(C#N)cc2Cl)c([N+](=O)[O-])c1. The number of carbonyl (C=O) groups excluding carboxylic acids is 1. The van der Waals surface area contributed by atoms with Gasteiger partial charge in [-0.1, -0.05) is 11.6 Å². The van der Waals surface area contributed by atoms with E-state index in [1.165, 1.54) is 43.5 Å². The molecule has 0 fully saturated rings. The summed E-state index contributed by atoms with van der Waals surface area (Å²) in [6, 6.07) is 10.3. The van der Waals surface area contributed by atoms with Crippen LogP contribution >= 0.6 is 11.6 Å². The quantitative estimate of drug-likeness (QED) is 0.624. The van der Waals surface area contributed by atoms with Gasteiger partial charge in [-0.25, -0.2) is 0 Å². The van der Waals surface area contributed by atoms with E-state index >= 15 is 0 Å². The number of hydrogen-bond acceptors (Lipinski definition) is 6. The molecule has 8 nitrogen and oxygen atoms in total. The lowest BCUT2D eigenvalue weighted by atomic mass is 10.2. The highest BCUT2D eigenvalue weighted by molar-refractivity contribution is 6.32. The average molecular weight is 362 g/mol. The predicted octanol–water partition coefficient (Wildman–Crippen LogP) is 3.15. The third-order valence-electron chi connectivity index (χ3n) is 3.10. The molecule has 9 heteroatoms. The number of methoxy groups -OCH3 is 1. The number of ether oxygens (including phenoxy) is 2. The number of benzene rings is 2. The molecule has 0 spiro atoms. The minimum Gasteiger partial charge on any atom is -0.496 e. The Kier molecular flexibility index (Phi) is 5.76. The summed E-state index contributed by atoms with van der Waals surface area (Å²) in [5.74, 6) is -0.0842. The van der Waals surface area contributed by atoms with E-state index < -0.39 is 17.4 Å². The molecule has 25 heavy (non-hydrogen) atoms. The van der Waals surface area contributed by atoms with Gasteiger partial charge in [0.1, 0.15) is 17.2 Å². The van der Waals surface area contributed by atoms with Crippen LogP contribution in [0.1, 0.15) is 5.56 Å². The zero-order valence-electron chi connectivity index (χ0n) is 13.0. The maximum atomic E-state index is 12.0. The van der Waals surface area contributed by atoms with E-state index in [2.05, 4.69) is 5.32 Å². The predicted molar refractivity (Wildman–Crippen MR) is 89.9 cm³/mol. The van der Waals surface area contributed by atoms with Crippen molar-refractivity contribution in [2.45, 2.75) is 0 Å². The van der Waals surface area contributed by atoms with Gasteiger partial charge in [-0.3, -0.25) is 14.9 Å². The summed E-state index contributed by atoms with van der Waals surface area (Å²) in [7, 11) is 1.38. The summed E-state index contributed by atoms with van der Waals surface area (Å²) >= 11 is 5.94. The molecule has 0 aliphatic carbocycles. The molecular formula is C16H12ClN3O5. The molecule has 128 valence electrons. The van der Waals surface area contributed by atoms with Crippen LogP contribution in [0.3, 0.4) is 0 Å². The van der Waals surface area contributed by atoms with Crippen molar-refractivity contribution in [1.82, 2.24) is 0 Å². The van der Waals surface area contributed by atoms with Crippen molar-refractivity contribution >= 4 is 28.9 Å². The summed E-state index contributed by atoms with van der Waals surface area (Å²) in [4.78, 5) is 22.4. The smallest absolute Gasteiger partial charge is 0.296 e. The Morgan fingerprint density at radius 1 is 1.36 bits per heavy atom. The van der Waals surface area contributed by atoms with Crippen LogP contribution in [0.4, 0.5) is 11.4 Å². The molecule has 0 saturated heterocycles. The van der Waals surface area contributed by atoms with Crippen LogP contribution in [0.5, 0.6) is 11.5 Å². The lowest BCUT2D eigenvalue weighted by Crippen LogP contribution is -2.20. The molecule has 2 aromatic carbocycles. The Bertz CT molecular complexity index is 863. The first-order valence-electron chi connectivity index (χ1n) is 6.89. The molecule has 0 heterocycles. The molecule has 1 N–H and O–H groups in total. The molecule has 0 atom stereocenters. The molecule has 0 saturated carbocycles. The number of amides is 1. The lowest BCUT2D eigenvalue weighted by molar-refractivity contribution is -0.384. The monoisotopic (exact) mass is 361 g/mol. The highest BCUT2D eigenvalue weighted by atomic mass is 35.5. The molecule has 0 unspecified atom stereocenters. The van der Waals surface area contributed by atoms with E-state index in [4.69, 9.17) is 26.3 Å². The van der Waals surface area contributed by atoms with Gasteiger partial charge >= 0.3 is 0 Å². The zero-order chi connectivity index (χ0) is 18.4. The number of nitriles is 1. The molecule has 1 amide bonds. The molecule has 2 rings (SSSR count). The summed E-state index contributed by atoms with van der Waals surface area (Å²) in [5, 5.41) is 22.4. The third kappa shape index (κ3) is 4.59. The average Bonchev–Trinajstić information content (AvgIpc) is 2.60. The van der Waals surface area contributed by atoms with E-state index in [1.807, 2.05) is 6.07 Å². The minimum absolute atomic E-state index is 0.0188. The van der Waals surface area contributed by atoms with Crippen LogP contribution in [-0.4, -0.2) is 24.5 Å². The van der Waals surface area contributed by atoms with Gasteiger partial charge in [-0.15, -0.1) is 0 Å². The highest BCUT2D eigenvalue weighted by Gasteiger charge is 2.17. The lowest BCUT2D eigenvalue weighted by Gasteiger charge is -2.10. The van der Waals surface area contributed by atoms with Gasteiger partial charge in [0.15, 0.2) is 6.61 Å². The van der Waals surface area contributed by atoms with Gasteiger partial charge < -0.3 is 14.8 Å². The number of nitro benzene ring substituents is 1. The molecular weight excluding hydrogens is 350 g/mol. The fourth-order valence-electron chi connectivity index (χ4n) is 1.91. The van der Waals surface area contributed by atoms with E-state index in [9.17, 15) is 14.9 Å². The van der Waals surface area contributed by atoms with E-state index in [-0.39, 0.29) is 22.1 Å². The number of nitrogens with one attached hydrogen (secondary N) is 1. The second-order valence-corrected chi connectivity index (χ2v) is 5.14. The number of nitrogens with zero attached hydrogens (tertiary/aromatic N) is 2. The standard InChI is InChI=1S/C16H12ClN3O5/c1-24-11-3-4-13(14(7-11)20(22)23)19-16(21)9-25-15-5-2-10(8-18)6-12(15)17/h2-7H,9H2,1H3,(H,19,21). The van der Waals surface area contributed by atoms with Crippen LogP contribution in [0.2, 0.25) is 5.02 Å². The maximum Gasteiger partial charge on any atom is 0.296 e. The topological polar surface area (TPSA) is 114 Å². The Balaban J connectivity index is 2.06. The van der Waals surface area contributed by atoms with Crippen molar-refractivity contribution in [3.05, 3.63) is 57.1 Å². The Labute approximate surface area is 147 Å². The van der Waals surface area contributed by atoms with Crippen LogP contribution in [0, 0.1) is 21.4 Å². The summed E-state index contributed by atoms with van der Waals surface area (Å²) in [6.45, 7) is -0.408. The second-order valence-electron chi connectivity index (χ2n) is 4.73. The van der Waals surface area contributed by atoms with Crippen LogP contribution in [-0.2, 0) is 4.79 Å². The van der Waals surface area contributed by atoms with E-state index in [1.54, 1.807) is 0 Å². The summed E-state index contributed by atoms with van der Waals surface area (Å²) in [6.07, 6.45) is 0. The molecule has 0 aliphatic rings. The Morgan fingerprint density at radius 3 is 2.72 bits per heavy atom. The van der Waals surface area contributed by atoms with Crippen molar-refractivity contribution in [2.75, 3.05) is 19.0 Å². The molecule has 0 radical (unpaired) electrons. The second kappa shape index (κ2) is 7.99. The van der Waals surface area contributed by atoms with Gasteiger partial charge in [0.2, 0.25) is 0 Å². The van der Waals surface area contributed by atoms with Crippen molar-refractivity contribution in [2.24, 2.45) is 0 Å². The number of hydrogen-bond donors (Lipinski definition) is 1. The van der Waals surface area contributed by atoms with Crippen molar-refractivity contribution in [3.8, 4) is 17.6 Å². The van der Waals surface area contributed by atoms with Gasteiger partial charge in [-0.2, -0.15) is 5.26 Å². The number of halogens is 1. The molecule has 0 aromatic heterocycles. The van der Waals surface area contributed by atoms with Crippen LogP contribution < -0.4 is 14.8 Å². The fourth-order valence-corrected chi connectivity index (χ4v) is 2.15. The summed E-state index contributed by atoms with van der Waals surface area (Å²) < 4.78 is 10.2. The first-order valence-corrected chi connectivity index (χ1v) is 7.27. The van der Waals surface area contributed by atoms with E-state index in [0.29, 0.717) is 11.3 Å². The Morgan fingerprint density at radius 2 is 2.12 bits per heavy atom. The minimum atomic E-state index is -0.628. The van der Waals surface area contributed by atoms with Crippen LogP contribution in [0.15, 0.2) is 36.4 Å². The van der Waals surface area contributed by atoms with Gasteiger partial charge in [0, 0.05) is 0 Å². The first kappa shape index (κ1) is 18.0. The number of rotatable bonds is 6. The first-order chi connectivity index (χ1) is 11.9. The third-order valence-corrected chi connectivity index (χ3v) is 3.39. The van der Waals surface area contributed by atoms with Crippen LogP contribution in [0.25, 0.3) is 0 Å². The van der Waals surface area contributed by atoms with Gasteiger partial charge in [0.05, 0.1) is 34.8 Å². The number of carbonyl (C=O) groups is 1. The van der Waals surface area contributed by atoms with Crippen molar-refractivity contribution in [1.29, 1.82) is 5.26 Å². The molecule has 0 aliphatic heterocycles. The summed E-state index contributed by atoms with van der Waals surface area (Å²) in [5.41, 5.74) is 0.0742. The van der Waals surface area contributed by atoms with Crippen molar-refractivity contribution < 1.29 is 19.2 Å². The molecule has 0 bridgehead atoms. The number of nitro groups is 1. The molecule has 2 aromatic rings. The van der Waals surface area contributed by atoms with Gasteiger partial charge in [0.25, 0.3) is 11.6 Å². The number of anilines is 1. The fraction of sp³-hybridized carbons (Fsp3) is 0.125. The normalized spacial score (nSPS) is 9.80. The highest BCUT2D eigenvalue weighted by Crippen LogP contribution is 2.29. The largest absolute Gasteiger partial charge is 0.496 e. The van der Waals surface area contributed by atoms with Gasteiger partial charge in [-0.05, 0) is 30.3 Å².